The van der Waals surface area contributed by atoms with Crippen LogP contribution in [0.4, 0.5) is 11.4 Å². The topological polar surface area (TPSA) is 85.5 Å². The Morgan fingerprint density at radius 2 is 2.00 bits per heavy atom. The highest BCUT2D eigenvalue weighted by Gasteiger charge is 2.13. The molecule has 2 aromatic heterocycles. The van der Waals surface area contributed by atoms with E-state index in [9.17, 15) is 4.79 Å². The molecule has 1 fully saturated rings. The van der Waals surface area contributed by atoms with Crippen LogP contribution in [0.15, 0.2) is 41.3 Å². The Balaban J connectivity index is 1.79. The quantitative estimate of drug-likeness (QED) is 0.608. The lowest BCUT2D eigenvalue weighted by Crippen LogP contribution is -2.43. The molecule has 3 heterocycles. The van der Waals surface area contributed by atoms with Crippen LogP contribution in [0, 0.1) is 12.3 Å². The van der Waals surface area contributed by atoms with Crippen molar-refractivity contribution < 1.29 is 0 Å². The summed E-state index contributed by atoms with van der Waals surface area (Å²) in [4.78, 5) is 19.8. The van der Waals surface area contributed by atoms with E-state index in [0.29, 0.717) is 11.3 Å². The largest absolute Gasteiger partial charge is 0.387 e. The van der Waals surface area contributed by atoms with Crippen LogP contribution in [0.2, 0.25) is 0 Å². The molecule has 0 radical (unpaired) electrons. The molecule has 1 aliphatic rings. The van der Waals surface area contributed by atoms with Gasteiger partial charge in [0.15, 0.2) is 0 Å². The molecule has 0 unspecified atom stereocenters. The Kier molecular flexibility index (Phi) is 4.83. The third kappa shape index (κ3) is 3.25. The Morgan fingerprint density at radius 3 is 2.71 bits per heavy atom. The number of rotatable bonds is 4. The van der Waals surface area contributed by atoms with Crippen molar-refractivity contribution in [2.45, 2.75) is 6.92 Å². The predicted octanol–water partition coefficient (Wildman–Crippen LogP) is 2.12. The molecule has 144 valence electrons. The third-order valence-electron chi connectivity index (χ3n) is 5.19. The Bertz CT molecular complexity index is 1100. The van der Waals surface area contributed by atoms with Gasteiger partial charge in [0, 0.05) is 68.5 Å². The summed E-state index contributed by atoms with van der Waals surface area (Å²) < 4.78 is 1.60. The van der Waals surface area contributed by atoms with Gasteiger partial charge in [-0.3, -0.25) is 9.20 Å². The lowest BCUT2D eigenvalue weighted by Gasteiger charge is -2.29. The molecule has 0 atom stereocenters. The van der Waals surface area contributed by atoms with Crippen LogP contribution in [-0.4, -0.2) is 48.8 Å². The maximum absolute atomic E-state index is 12.8. The second kappa shape index (κ2) is 7.44. The van der Waals surface area contributed by atoms with E-state index in [2.05, 4.69) is 15.5 Å². The van der Waals surface area contributed by atoms with Gasteiger partial charge in [0.2, 0.25) is 0 Å². The molecule has 28 heavy (non-hydrogen) atoms. The lowest BCUT2D eigenvalue weighted by molar-refractivity contribution is 0.588. The van der Waals surface area contributed by atoms with Gasteiger partial charge in [-0.1, -0.05) is 0 Å². The Hall–Kier alpha value is -3.19. The number of anilines is 2. The summed E-state index contributed by atoms with van der Waals surface area (Å²) in [5.41, 5.74) is 5.69. The number of aryl methyl sites for hydroxylation is 1. The minimum absolute atomic E-state index is 0.108. The van der Waals surface area contributed by atoms with E-state index in [1.54, 1.807) is 10.5 Å². The van der Waals surface area contributed by atoms with Crippen LogP contribution in [-0.2, 0) is 0 Å². The molecular weight excluding hydrogens is 352 g/mol. The predicted molar refractivity (Wildman–Crippen MR) is 114 cm³/mol. The second-order valence-corrected chi connectivity index (χ2v) is 6.98. The number of benzene rings is 1. The molecule has 3 aromatic rings. The SMILES string of the molecule is CNc1c(C)cc(-c2cc(=O)n3cc(N4CCNCC4)ccc3n2)cc1C=N. The molecule has 0 bridgehead atoms. The minimum atomic E-state index is -0.108. The molecular formula is C21H24N6O. The zero-order chi connectivity index (χ0) is 19.7. The summed E-state index contributed by atoms with van der Waals surface area (Å²) in [5.74, 6) is 0. The van der Waals surface area contributed by atoms with Crippen molar-refractivity contribution in [1.82, 2.24) is 14.7 Å². The number of pyridine rings is 1. The molecule has 3 N–H and O–H groups in total. The molecule has 1 saturated heterocycles. The highest BCUT2D eigenvalue weighted by Crippen LogP contribution is 2.27. The van der Waals surface area contributed by atoms with Crippen molar-refractivity contribution in [3.63, 3.8) is 0 Å². The van der Waals surface area contributed by atoms with Crippen molar-refractivity contribution in [2.24, 2.45) is 0 Å². The van der Waals surface area contributed by atoms with E-state index in [-0.39, 0.29) is 5.56 Å². The van der Waals surface area contributed by atoms with Crippen molar-refractivity contribution in [3.05, 3.63) is 58.0 Å². The van der Waals surface area contributed by atoms with Crippen molar-refractivity contribution in [2.75, 3.05) is 43.4 Å². The van der Waals surface area contributed by atoms with Crippen molar-refractivity contribution in [1.29, 1.82) is 5.41 Å². The van der Waals surface area contributed by atoms with Crippen molar-refractivity contribution in [3.8, 4) is 11.3 Å². The van der Waals surface area contributed by atoms with Gasteiger partial charge in [-0.05, 0) is 36.8 Å². The van der Waals surface area contributed by atoms with Crippen molar-refractivity contribution >= 4 is 23.2 Å². The highest BCUT2D eigenvalue weighted by molar-refractivity contribution is 5.89. The smallest absolute Gasteiger partial charge is 0.258 e. The molecule has 0 aliphatic carbocycles. The summed E-state index contributed by atoms with van der Waals surface area (Å²) in [5, 5.41) is 14.1. The maximum atomic E-state index is 12.8. The first-order valence-electron chi connectivity index (χ1n) is 9.43. The van der Waals surface area contributed by atoms with Gasteiger partial charge >= 0.3 is 0 Å². The molecule has 0 spiro atoms. The zero-order valence-electron chi connectivity index (χ0n) is 16.1. The first kappa shape index (κ1) is 18.2. The molecule has 7 heteroatoms. The van der Waals surface area contributed by atoms with Crippen LogP contribution in [0.1, 0.15) is 11.1 Å². The van der Waals surface area contributed by atoms with E-state index in [4.69, 9.17) is 10.4 Å². The van der Waals surface area contributed by atoms with Gasteiger partial charge in [0.1, 0.15) is 5.65 Å². The minimum Gasteiger partial charge on any atom is -0.387 e. The molecule has 1 aliphatic heterocycles. The number of hydrogen-bond donors (Lipinski definition) is 3. The summed E-state index contributed by atoms with van der Waals surface area (Å²) in [6.07, 6.45) is 3.19. The van der Waals surface area contributed by atoms with E-state index in [0.717, 1.165) is 54.2 Å². The zero-order valence-corrected chi connectivity index (χ0v) is 16.1. The van der Waals surface area contributed by atoms with Gasteiger partial charge < -0.3 is 20.9 Å². The van der Waals surface area contributed by atoms with Crippen LogP contribution >= 0.6 is 0 Å². The lowest BCUT2D eigenvalue weighted by atomic mass is 10.0. The van der Waals surface area contributed by atoms with Gasteiger partial charge in [-0.25, -0.2) is 4.98 Å². The average molecular weight is 376 g/mol. The summed E-state index contributed by atoms with van der Waals surface area (Å²) in [6, 6.07) is 9.37. The normalized spacial score (nSPS) is 14.3. The van der Waals surface area contributed by atoms with E-state index in [1.807, 2.05) is 44.4 Å². The van der Waals surface area contributed by atoms with Crippen LogP contribution in [0.25, 0.3) is 16.9 Å². The van der Waals surface area contributed by atoms with Crippen LogP contribution in [0.5, 0.6) is 0 Å². The number of hydrogen-bond acceptors (Lipinski definition) is 6. The number of fused-ring (bicyclic) bond motifs is 1. The van der Waals surface area contributed by atoms with E-state index in [1.165, 1.54) is 6.21 Å². The van der Waals surface area contributed by atoms with Gasteiger partial charge in [-0.2, -0.15) is 0 Å². The molecule has 0 amide bonds. The average Bonchev–Trinajstić information content (AvgIpc) is 2.73. The highest BCUT2D eigenvalue weighted by atomic mass is 16.1. The van der Waals surface area contributed by atoms with Crippen LogP contribution < -0.4 is 21.1 Å². The Labute approximate surface area is 163 Å². The third-order valence-corrected chi connectivity index (χ3v) is 5.19. The van der Waals surface area contributed by atoms with Gasteiger partial charge in [0.05, 0.1) is 11.4 Å². The fourth-order valence-electron chi connectivity index (χ4n) is 3.77. The number of piperazine rings is 1. The van der Waals surface area contributed by atoms with Gasteiger partial charge in [-0.15, -0.1) is 0 Å². The first-order valence-corrected chi connectivity index (χ1v) is 9.43. The summed E-state index contributed by atoms with van der Waals surface area (Å²) in [6.45, 7) is 5.73. The standard InChI is InChI=1S/C21H24N6O/c1-14-9-15(10-16(12-22)21(14)23-2)18-11-20(28)27-13-17(3-4-19(27)25-18)26-7-5-24-6-8-26/h3-4,9-13,22-24H,5-8H2,1-2H3. The van der Waals surface area contributed by atoms with Gasteiger partial charge in [0.25, 0.3) is 5.56 Å². The maximum Gasteiger partial charge on any atom is 0.258 e. The van der Waals surface area contributed by atoms with Crippen LogP contribution in [0.3, 0.4) is 0 Å². The Morgan fingerprint density at radius 1 is 1.21 bits per heavy atom. The summed E-state index contributed by atoms with van der Waals surface area (Å²) in [7, 11) is 1.84. The number of nitrogens with zero attached hydrogens (tertiary/aromatic N) is 3. The number of aromatic nitrogens is 2. The van der Waals surface area contributed by atoms with E-state index >= 15 is 0 Å². The monoisotopic (exact) mass is 376 g/mol. The van der Waals surface area contributed by atoms with E-state index < -0.39 is 0 Å². The molecule has 4 rings (SSSR count). The fourth-order valence-corrected chi connectivity index (χ4v) is 3.77. The molecule has 7 nitrogen and oxygen atoms in total. The molecule has 1 aromatic carbocycles. The second-order valence-electron chi connectivity index (χ2n) is 6.98. The summed E-state index contributed by atoms with van der Waals surface area (Å²) >= 11 is 0. The first-order chi connectivity index (χ1) is 13.6. The number of nitrogens with one attached hydrogen (secondary N) is 3. The molecule has 0 saturated carbocycles. The fraction of sp³-hybridized carbons (Fsp3) is 0.286.